The summed E-state index contributed by atoms with van der Waals surface area (Å²) in [5, 5.41) is 33.1. The number of carbonyl (C=O) groups excluding carboxylic acids is 1. The molecule has 5 nitrogen and oxygen atoms in total. The quantitative estimate of drug-likeness (QED) is 0.322. The van der Waals surface area contributed by atoms with Crippen molar-refractivity contribution in [3.63, 3.8) is 0 Å². The fraction of sp³-hybridized carbons (Fsp3) is 0.963. The van der Waals surface area contributed by atoms with Gasteiger partial charge in [0.15, 0.2) is 6.61 Å². The zero-order chi connectivity index (χ0) is 27.6. The van der Waals surface area contributed by atoms with Gasteiger partial charge in [0.05, 0.1) is 18.3 Å². The van der Waals surface area contributed by atoms with Gasteiger partial charge in [0.25, 0.3) is 0 Å². The smallest absolute Gasteiger partial charge is 0.456 e. The van der Waals surface area contributed by atoms with E-state index in [1.54, 1.807) is 0 Å². The van der Waals surface area contributed by atoms with E-state index in [-0.39, 0.29) is 59.9 Å². The Balaban J connectivity index is 1.42. The molecule has 37 heavy (non-hydrogen) atoms. The zero-order valence-electron chi connectivity index (χ0n) is 21.8. The molecule has 0 aromatic heterocycles. The van der Waals surface area contributed by atoms with Crippen molar-refractivity contribution in [3.05, 3.63) is 0 Å². The molecule has 4 rings (SSSR count). The number of hydrogen-bond donors (Lipinski definition) is 3. The molecule has 3 N–H and O–H groups in total. The van der Waals surface area contributed by atoms with Gasteiger partial charge < -0.3 is 20.1 Å². The predicted molar refractivity (Wildman–Crippen MR) is 124 cm³/mol. The Morgan fingerprint density at radius 1 is 1.00 bits per heavy atom. The van der Waals surface area contributed by atoms with Gasteiger partial charge in [-0.3, -0.25) is 4.79 Å². The molecule has 4 saturated carbocycles. The van der Waals surface area contributed by atoms with Gasteiger partial charge in [-0.1, -0.05) is 20.8 Å². The van der Waals surface area contributed by atoms with Crippen LogP contribution in [-0.2, 0) is 9.53 Å². The van der Waals surface area contributed by atoms with Crippen molar-refractivity contribution in [3.8, 4) is 0 Å². The Hall–Kier alpha value is -1.00. The van der Waals surface area contributed by atoms with E-state index in [2.05, 4.69) is 18.6 Å². The summed E-state index contributed by atoms with van der Waals surface area (Å²) in [6.45, 7) is 4.21. The second kappa shape index (κ2) is 9.88. The minimum absolute atomic E-state index is 0.0174. The molecule has 11 atom stereocenters. The van der Waals surface area contributed by atoms with E-state index >= 15 is 0 Å². The highest BCUT2D eigenvalue weighted by molar-refractivity contribution is 5.69. The van der Waals surface area contributed by atoms with Gasteiger partial charge in [-0.2, -0.15) is 22.0 Å². The van der Waals surface area contributed by atoms with Gasteiger partial charge >= 0.3 is 18.1 Å². The van der Waals surface area contributed by atoms with E-state index in [1.807, 2.05) is 6.92 Å². The summed E-state index contributed by atoms with van der Waals surface area (Å²) in [5.74, 6) is -5.76. The summed E-state index contributed by atoms with van der Waals surface area (Å²) in [6, 6.07) is 0. The highest BCUT2D eigenvalue weighted by atomic mass is 19.4. The van der Waals surface area contributed by atoms with Crippen LogP contribution in [0.1, 0.15) is 78.6 Å². The summed E-state index contributed by atoms with van der Waals surface area (Å²) < 4.78 is 67.4. The molecular weight excluding hydrogens is 499 g/mol. The molecule has 0 radical (unpaired) electrons. The molecule has 4 aliphatic rings. The Morgan fingerprint density at radius 3 is 2.32 bits per heavy atom. The lowest BCUT2D eigenvalue weighted by Crippen LogP contribution is -2.62. The van der Waals surface area contributed by atoms with Crippen molar-refractivity contribution < 1.29 is 46.8 Å². The molecule has 214 valence electrons. The number of halogens is 5. The van der Waals surface area contributed by atoms with Gasteiger partial charge in [0.2, 0.25) is 0 Å². The number of aliphatic hydroxyl groups excluding tert-OH is 3. The Morgan fingerprint density at radius 2 is 1.68 bits per heavy atom. The fourth-order valence-corrected chi connectivity index (χ4v) is 9.00. The molecule has 0 bridgehead atoms. The van der Waals surface area contributed by atoms with Crippen molar-refractivity contribution in [2.45, 2.75) is 109 Å². The van der Waals surface area contributed by atoms with Crippen LogP contribution in [0.4, 0.5) is 22.0 Å². The van der Waals surface area contributed by atoms with Crippen molar-refractivity contribution in [1.29, 1.82) is 0 Å². The van der Waals surface area contributed by atoms with Crippen molar-refractivity contribution in [2.75, 3.05) is 6.61 Å². The lowest BCUT2D eigenvalue weighted by molar-refractivity contribution is -0.294. The third kappa shape index (κ3) is 4.92. The minimum atomic E-state index is -5.78. The standard InChI is InChI=1S/C27H41F5O5/c1-14(4-7-22(36)37-13-26(28,29)27(30,31)32)17-5-6-18-23-19(12-21(35)25(17,18)3)24(2)9-8-16(33)10-15(24)11-20(23)34/h14-21,23,33-35H,4-13H2,1-3H3/t14-,15+,16-,17-,18+,19+,20-,21+,23+,24+,25-/m1/s1. The van der Waals surface area contributed by atoms with E-state index in [9.17, 15) is 42.1 Å². The first-order valence-corrected chi connectivity index (χ1v) is 13.7. The first kappa shape index (κ1) is 29.0. The summed E-state index contributed by atoms with van der Waals surface area (Å²) in [4.78, 5) is 12.0. The zero-order valence-corrected chi connectivity index (χ0v) is 21.8. The SMILES string of the molecule is C[C@H](CCC(=O)OCC(F)(F)C(F)(F)F)[C@H]1CC[C@H]2[C@@H]3[C@H](O)C[C@@H]4C[C@H](O)CC[C@]4(C)[C@H]3C[C@H](O)[C@]12C. The molecule has 0 amide bonds. The van der Waals surface area contributed by atoms with Gasteiger partial charge in [0, 0.05) is 6.42 Å². The van der Waals surface area contributed by atoms with Crippen LogP contribution in [0.15, 0.2) is 0 Å². The highest BCUT2D eigenvalue weighted by Crippen LogP contribution is 2.68. The second-order valence-electron chi connectivity index (χ2n) is 12.9. The van der Waals surface area contributed by atoms with E-state index in [1.165, 1.54) is 0 Å². The van der Waals surface area contributed by atoms with E-state index in [4.69, 9.17) is 0 Å². The summed E-state index contributed by atoms with van der Waals surface area (Å²) in [6.07, 6.45) is -2.16. The maximum absolute atomic E-state index is 13.1. The number of alkyl halides is 5. The molecular formula is C27H41F5O5. The normalized spacial score (nSPS) is 44.9. The first-order chi connectivity index (χ1) is 17.0. The van der Waals surface area contributed by atoms with Gasteiger partial charge in [0.1, 0.15) is 0 Å². The van der Waals surface area contributed by atoms with Crippen LogP contribution in [0.25, 0.3) is 0 Å². The Labute approximate surface area is 215 Å². The molecule has 0 aromatic carbocycles. The number of ether oxygens (including phenoxy) is 1. The van der Waals surface area contributed by atoms with E-state index in [0.717, 1.165) is 25.7 Å². The number of hydrogen-bond acceptors (Lipinski definition) is 5. The average Bonchev–Trinajstić information content (AvgIpc) is 3.16. The van der Waals surface area contributed by atoms with E-state index < -0.39 is 42.3 Å². The van der Waals surface area contributed by atoms with Crippen molar-refractivity contribution in [2.24, 2.45) is 46.3 Å². The molecule has 4 fully saturated rings. The Bertz CT molecular complexity index is 852. The lowest BCUT2D eigenvalue weighted by atomic mass is 9.43. The largest absolute Gasteiger partial charge is 0.459 e. The molecule has 0 spiro atoms. The van der Waals surface area contributed by atoms with Crippen LogP contribution >= 0.6 is 0 Å². The molecule has 0 heterocycles. The molecule has 4 aliphatic carbocycles. The topological polar surface area (TPSA) is 87.0 Å². The molecule has 0 saturated heterocycles. The monoisotopic (exact) mass is 540 g/mol. The second-order valence-corrected chi connectivity index (χ2v) is 12.9. The average molecular weight is 541 g/mol. The number of aliphatic hydroxyl groups is 3. The van der Waals surface area contributed by atoms with Crippen LogP contribution in [0.5, 0.6) is 0 Å². The minimum Gasteiger partial charge on any atom is -0.459 e. The number of rotatable bonds is 6. The molecule has 10 heteroatoms. The third-order valence-corrected chi connectivity index (χ3v) is 11.2. The van der Waals surface area contributed by atoms with Gasteiger partial charge in [-0.05, 0) is 97.7 Å². The van der Waals surface area contributed by atoms with Crippen LogP contribution in [-0.4, -0.2) is 58.3 Å². The maximum Gasteiger partial charge on any atom is 0.456 e. The van der Waals surface area contributed by atoms with Crippen molar-refractivity contribution >= 4 is 5.97 Å². The summed E-state index contributed by atoms with van der Waals surface area (Å²) >= 11 is 0. The lowest BCUT2D eigenvalue weighted by Gasteiger charge is -2.63. The predicted octanol–water partition coefficient (Wildman–Crippen LogP) is 5.10. The summed E-state index contributed by atoms with van der Waals surface area (Å²) in [7, 11) is 0. The summed E-state index contributed by atoms with van der Waals surface area (Å²) in [5.41, 5.74) is -0.538. The third-order valence-electron chi connectivity index (χ3n) is 11.2. The van der Waals surface area contributed by atoms with Gasteiger partial charge in [-0.15, -0.1) is 0 Å². The van der Waals surface area contributed by atoms with Crippen LogP contribution in [0, 0.1) is 46.3 Å². The van der Waals surface area contributed by atoms with Crippen LogP contribution < -0.4 is 0 Å². The van der Waals surface area contributed by atoms with E-state index in [0.29, 0.717) is 19.3 Å². The molecule has 0 aliphatic heterocycles. The number of esters is 1. The number of carbonyl (C=O) groups is 1. The molecule has 0 unspecified atom stereocenters. The Kier molecular flexibility index (Phi) is 7.74. The molecule has 0 aromatic rings. The first-order valence-electron chi connectivity index (χ1n) is 13.7. The van der Waals surface area contributed by atoms with Crippen molar-refractivity contribution in [1.82, 2.24) is 0 Å². The fourth-order valence-electron chi connectivity index (χ4n) is 9.00. The maximum atomic E-state index is 13.1. The van der Waals surface area contributed by atoms with Gasteiger partial charge in [-0.25, -0.2) is 0 Å². The van der Waals surface area contributed by atoms with Crippen LogP contribution in [0.2, 0.25) is 0 Å². The highest BCUT2D eigenvalue weighted by Gasteiger charge is 2.65. The number of fused-ring (bicyclic) bond motifs is 5. The van der Waals surface area contributed by atoms with Crippen LogP contribution in [0.3, 0.4) is 0 Å².